The second-order valence-corrected chi connectivity index (χ2v) is 9.08. The Morgan fingerprint density at radius 1 is 1.03 bits per heavy atom. The molecular formula is C24H28BrN3O3. The summed E-state index contributed by atoms with van der Waals surface area (Å²) >= 11 is 3.35. The van der Waals surface area contributed by atoms with Crippen molar-refractivity contribution in [1.82, 2.24) is 10.2 Å². The second-order valence-electron chi connectivity index (χ2n) is 8.17. The highest BCUT2D eigenvalue weighted by Gasteiger charge is 2.34. The van der Waals surface area contributed by atoms with E-state index in [-0.39, 0.29) is 17.7 Å². The molecule has 164 valence electrons. The predicted octanol–water partition coefficient (Wildman–Crippen LogP) is 4.47. The van der Waals surface area contributed by atoms with Gasteiger partial charge in [-0.2, -0.15) is 0 Å². The van der Waals surface area contributed by atoms with E-state index in [0.29, 0.717) is 42.2 Å². The zero-order chi connectivity index (χ0) is 22.4. The van der Waals surface area contributed by atoms with E-state index in [0.717, 1.165) is 17.3 Å². The van der Waals surface area contributed by atoms with Gasteiger partial charge in [0.2, 0.25) is 5.91 Å². The molecule has 0 spiro atoms. The van der Waals surface area contributed by atoms with Crippen molar-refractivity contribution in [1.29, 1.82) is 0 Å². The molecule has 0 radical (unpaired) electrons. The lowest BCUT2D eigenvalue weighted by molar-refractivity contribution is -0.124. The molecule has 2 aromatic rings. The molecule has 1 heterocycles. The van der Waals surface area contributed by atoms with Gasteiger partial charge in [0.1, 0.15) is 6.04 Å². The highest BCUT2D eigenvalue weighted by Crippen LogP contribution is 2.22. The van der Waals surface area contributed by atoms with Crippen molar-refractivity contribution in [2.24, 2.45) is 5.92 Å². The van der Waals surface area contributed by atoms with Crippen molar-refractivity contribution in [3.8, 4) is 0 Å². The Labute approximate surface area is 191 Å². The smallest absolute Gasteiger partial charge is 0.255 e. The number of amides is 3. The van der Waals surface area contributed by atoms with E-state index in [1.165, 1.54) is 0 Å². The van der Waals surface area contributed by atoms with Gasteiger partial charge in [-0.05, 0) is 73.7 Å². The molecule has 2 aromatic carbocycles. The van der Waals surface area contributed by atoms with Crippen molar-refractivity contribution < 1.29 is 14.4 Å². The van der Waals surface area contributed by atoms with Gasteiger partial charge in [-0.15, -0.1) is 0 Å². The maximum atomic E-state index is 13.0. The first kappa shape index (κ1) is 23.0. The van der Waals surface area contributed by atoms with E-state index in [1.54, 1.807) is 41.3 Å². The van der Waals surface area contributed by atoms with E-state index in [9.17, 15) is 14.4 Å². The summed E-state index contributed by atoms with van der Waals surface area (Å²) in [7, 11) is 0. The summed E-state index contributed by atoms with van der Waals surface area (Å²) in [5.41, 5.74) is 1.66. The summed E-state index contributed by atoms with van der Waals surface area (Å²) in [6, 6.07) is 13.4. The third-order valence-electron chi connectivity index (χ3n) is 5.33. The van der Waals surface area contributed by atoms with E-state index >= 15 is 0 Å². The topological polar surface area (TPSA) is 78.5 Å². The van der Waals surface area contributed by atoms with Gasteiger partial charge in [-0.1, -0.05) is 29.8 Å². The van der Waals surface area contributed by atoms with Crippen molar-refractivity contribution in [2.75, 3.05) is 18.4 Å². The van der Waals surface area contributed by atoms with Crippen LogP contribution in [0.15, 0.2) is 53.0 Å². The van der Waals surface area contributed by atoms with Crippen LogP contribution in [-0.2, 0) is 4.79 Å². The predicted molar refractivity (Wildman–Crippen MR) is 125 cm³/mol. The van der Waals surface area contributed by atoms with Crippen LogP contribution < -0.4 is 10.6 Å². The fourth-order valence-corrected chi connectivity index (χ4v) is 3.82. The molecule has 0 unspecified atom stereocenters. The SMILES string of the molecule is CC(C)CCNC(=O)[C@@H]1CCCN1C(=O)c1ccc(NC(=O)c2ccc(Br)cc2)cc1. The maximum Gasteiger partial charge on any atom is 0.255 e. The third-order valence-corrected chi connectivity index (χ3v) is 5.86. The molecular weight excluding hydrogens is 458 g/mol. The highest BCUT2D eigenvalue weighted by molar-refractivity contribution is 9.10. The standard InChI is InChI=1S/C24H28BrN3O3/c1-16(2)13-14-26-23(30)21-4-3-15-28(21)24(31)18-7-11-20(12-8-18)27-22(29)17-5-9-19(25)10-6-17/h5-12,16,21H,3-4,13-15H2,1-2H3,(H,26,30)(H,27,29)/t21-/m0/s1. The van der Waals surface area contributed by atoms with Crippen LogP contribution >= 0.6 is 15.9 Å². The molecule has 0 bridgehead atoms. The van der Waals surface area contributed by atoms with Gasteiger partial charge in [0.05, 0.1) is 0 Å². The number of nitrogens with zero attached hydrogens (tertiary/aromatic N) is 1. The van der Waals surface area contributed by atoms with Gasteiger partial charge < -0.3 is 15.5 Å². The Bertz CT molecular complexity index is 926. The van der Waals surface area contributed by atoms with Crippen molar-refractivity contribution in [3.05, 3.63) is 64.1 Å². The summed E-state index contributed by atoms with van der Waals surface area (Å²) in [5.74, 6) is 0.0609. The van der Waals surface area contributed by atoms with E-state index in [1.807, 2.05) is 12.1 Å². The quantitative estimate of drug-likeness (QED) is 0.607. The average molecular weight is 486 g/mol. The lowest BCUT2D eigenvalue weighted by Gasteiger charge is -2.24. The largest absolute Gasteiger partial charge is 0.354 e. The number of hydrogen-bond acceptors (Lipinski definition) is 3. The van der Waals surface area contributed by atoms with E-state index in [4.69, 9.17) is 0 Å². The molecule has 3 amide bonds. The molecule has 1 atom stereocenters. The summed E-state index contributed by atoms with van der Waals surface area (Å²) in [5, 5.41) is 5.79. The van der Waals surface area contributed by atoms with Crippen LogP contribution in [0.5, 0.6) is 0 Å². The molecule has 1 aliphatic rings. The number of nitrogens with one attached hydrogen (secondary N) is 2. The normalized spacial score (nSPS) is 15.7. The number of rotatable bonds is 7. The molecule has 1 saturated heterocycles. The zero-order valence-corrected chi connectivity index (χ0v) is 19.4. The molecule has 1 aliphatic heterocycles. The van der Waals surface area contributed by atoms with E-state index in [2.05, 4.69) is 40.4 Å². The third kappa shape index (κ3) is 6.17. The summed E-state index contributed by atoms with van der Waals surface area (Å²) < 4.78 is 0.903. The van der Waals surface area contributed by atoms with Crippen LogP contribution in [0.3, 0.4) is 0 Å². The molecule has 31 heavy (non-hydrogen) atoms. The van der Waals surface area contributed by atoms with Crippen molar-refractivity contribution >= 4 is 39.3 Å². The first-order chi connectivity index (χ1) is 14.8. The lowest BCUT2D eigenvalue weighted by Crippen LogP contribution is -2.46. The van der Waals surface area contributed by atoms with Crippen LogP contribution in [0.2, 0.25) is 0 Å². The minimum absolute atomic E-state index is 0.0788. The minimum Gasteiger partial charge on any atom is -0.354 e. The first-order valence-electron chi connectivity index (χ1n) is 10.6. The van der Waals surface area contributed by atoms with Gasteiger partial charge in [0.15, 0.2) is 0 Å². The first-order valence-corrected chi connectivity index (χ1v) is 11.4. The van der Waals surface area contributed by atoms with Crippen LogP contribution in [0, 0.1) is 5.92 Å². The Morgan fingerprint density at radius 3 is 2.32 bits per heavy atom. The number of carbonyl (C=O) groups excluding carboxylic acids is 3. The molecule has 2 N–H and O–H groups in total. The van der Waals surface area contributed by atoms with Gasteiger partial charge in [-0.25, -0.2) is 0 Å². The molecule has 1 fully saturated rings. The molecule has 0 saturated carbocycles. The number of carbonyl (C=O) groups is 3. The number of likely N-dealkylation sites (tertiary alicyclic amines) is 1. The fraction of sp³-hybridized carbons (Fsp3) is 0.375. The van der Waals surface area contributed by atoms with Crippen molar-refractivity contribution in [2.45, 2.75) is 39.2 Å². The summed E-state index contributed by atoms with van der Waals surface area (Å²) in [6.45, 7) is 5.43. The summed E-state index contributed by atoms with van der Waals surface area (Å²) in [4.78, 5) is 39.5. The number of halogens is 1. The van der Waals surface area contributed by atoms with Crippen LogP contribution in [-0.4, -0.2) is 41.8 Å². The second kappa shape index (κ2) is 10.6. The Hall–Kier alpha value is -2.67. The van der Waals surface area contributed by atoms with Gasteiger partial charge >= 0.3 is 0 Å². The lowest BCUT2D eigenvalue weighted by atomic mass is 10.1. The minimum atomic E-state index is -0.420. The van der Waals surface area contributed by atoms with Crippen LogP contribution in [0.25, 0.3) is 0 Å². The number of anilines is 1. The van der Waals surface area contributed by atoms with Crippen LogP contribution in [0.1, 0.15) is 53.8 Å². The van der Waals surface area contributed by atoms with E-state index < -0.39 is 6.04 Å². The molecule has 3 rings (SSSR count). The maximum absolute atomic E-state index is 13.0. The number of benzene rings is 2. The molecule has 0 aliphatic carbocycles. The van der Waals surface area contributed by atoms with Gasteiger partial charge in [-0.3, -0.25) is 14.4 Å². The average Bonchev–Trinajstić information content (AvgIpc) is 3.24. The molecule has 0 aromatic heterocycles. The monoisotopic (exact) mass is 485 g/mol. The molecule has 7 heteroatoms. The Kier molecular flexibility index (Phi) is 7.85. The molecule has 6 nitrogen and oxygen atoms in total. The Morgan fingerprint density at radius 2 is 1.68 bits per heavy atom. The zero-order valence-electron chi connectivity index (χ0n) is 17.9. The van der Waals surface area contributed by atoms with Crippen LogP contribution in [0.4, 0.5) is 5.69 Å². The van der Waals surface area contributed by atoms with Gasteiger partial charge in [0.25, 0.3) is 11.8 Å². The van der Waals surface area contributed by atoms with Gasteiger partial charge in [0, 0.05) is 34.4 Å². The number of hydrogen-bond donors (Lipinski definition) is 2. The Balaban J connectivity index is 1.60. The fourth-order valence-electron chi connectivity index (χ4n) is 3.55. The highest BCUT2D eigenvalue weighted by atomic mass is 79.9. The summed E-state index contributed by atoms with van der Waals surface area (Å²) in [6.07, 6.45) is 2.41. The van der Waals surface area contributed by atoms with Crippen molar-refractivity contribution in [3.63, 3.8) is 0 Å².